The summed E-state index contributed by atoms with van der Waals surface area (Å²) in [6.07, 6.45) is -10.4. The molecule has 0 fully saturated rings. The van der Waals surface area contributed by atoms with Crippen LogP contribution in [0.3, 0.4) is 0 Å². The van der Waals surface area contributed by atoms with Crippen molar-refractivity contribution in [2.45, 2.75) is 53.9 Å². The molecule has 23 rings (SSSR count). The molecule has 0 aliphatic heterocycles. The molecule has 0 unspecified atom stereocenters. The summed E-state index contributed by atoms with van der Waals surface area (Å²) in [6.45, 7) is 13.0. The molecule has 0 amide bonds. The van der Waals surface area contributed by atoms with Gasteiger partial charge in [0.2, 0.25) is 0 Å². The summed E-state index contributed by atoms with van der Waals surface area (Å²) >= 11 is 3.23. The predicted molar refractivity (Wildman–Crippen MR) is 531 cm³/mol. The summed E-state index contributed by atoms with van der Waals surface area (Å²) in [5.41, 5.74) is 22.0. The van der Waals surface area contributed by atoms with Gasteiger partial charge in [-0.2, -0.15) is 26.3 Å². The molecule has 132 heavy (non-hydrogen) atoms. The van der Waals surface area contributed by atoms with Crippen LogP contribution in [0.2, 0.25) is 0 Å². The maximum absolute atomic E-state index is 15.7. The Bertz CT molecular complexity index is 8380. The molecule has 0 saturated heterocycles. The van der Waals surface area contributed by atoms with Gasteiger partial charge in [0.1, 0.15) is 0 Å². The first kappa shape index (κ1) is 80.9. The highest BCUT2D eigenvalue weighted by Crippen LogP contribution is 2.52. The lowest BCUT2D eigenvalue weighted by Gasteiger charge is -2.19. The van der Waals surface area contributed by atoms with Gasteiger partial charge in [0.15, 0.2) is 34.9 Å². The largest absolute Gasteiger partial charge is 0.416 e. The van der Waals surface area contributed by atoms with E-state index in [4.69, 9.17) is 29.9 Å². The number of hydrogen-bond acceptors (Lipinski definition) is 8. The fourth-order valence-electron chi connectivity index (χ4n) is 19.8. The number of aromatic nitrogens is 8. The Labute approximate surface area is 763 Å². The molecule has 0 aliphatic carbocycles. The van der Waals surface area contributed by atoms with Crippen molar-refractivity contribution < 1.29 is 26.3 Å². The zero-order valence-electron chi connectivity index (χ0n) is 72.1. The molecule has 0 saturated carbocycles. The highest BCUT2D eigenvalue weighted by molar-refractivity contribution is 7.26. The second-order valence-corrected chi connectivity index (χ2v) is 36.4. The van der Waals surface area contributed by atoms with E-state index in [1.807, 2.05) is 199 Å². The molecular formula is C116H76F6N8S2. The maximum Gasteiger partial charge on any atom is 0.416 e. The number of nitrogens with zero attached hydrogens (tertiary/aromatic N) is 8. The number of aryl methyl sites for hydroxylation is 6. The van der Waals surface area contributed by atoms with E-state index < -0.39 is 23.5 Å². The lowest BCUT2D eigenvalue weighted by atomic mass is 9.90. The Hall–Kier alpha value is -15.6. The first-order valence-electron chi connectivity index (χ1n) is 43.6. The van der Waals surface area contributed by atoms with Gasteiger partial charge in [-0.05, 0) is 228 Å². The van der Waals surface area contributed by atoms with Crippen molar-refractivity contribution in [2.75, 3.05) is 0 Å². The SMILES string of the molecule is Cc1cc(C)c(-c2ccc3c4ccc(-c5c(C)cc(C)cc5C)cc4n(-c4ccc(-c5ccc6sc7c(-c8cc9c%10ccccc%10n(-c%10ccc(-c%11ccc%12sc%13ccccc%13c%12c%11)cc%10-c%10nc(-c%11ccccc%11)nc(-c%11ccccc%11)n%10)c9cc8-c8cc(C(F)(F)F)cc(C(F)(F)F)c8)cccc7c6c5)cc4-c4nc(-c5ccccc5)nc(-c5ccccc5)n4)c3c2)c(C)c1. The van der Waals surface area contributed by atoms with E-state index in [2.05, 4.69) is 180 Å². The molecule has 16 heteroatoms. The topological polar surface area (TPSA) is 87.2 Å². The van der Waals surface area contributed by atoms with E-state index >= 15 is 26.3 Å². The number of benzene rings is 17. The molecule has 0 spiro atoms. The summed E-state index contributed by atoms with van der Waals surface area (Å²) in [4.78, 5) is 32.0. The Balaban J connectivity index is 0.748. The third kappa shape index (κ3) is 14.1. The van der Waals surface area contributed by atoms with E-state index in [0.717, 1.165) is 147 Å². The standard InChI is InChI=1S/C116H76F6N8S2/c1-65-50-67(3)106(68(4)51-65)79-38-44-85-86-45-39-80(107-69(5)52-66(2)53-70(107)6)61-101(86)130(100(85)60-79)99-47-41-76(59-96(99)114-127-111(73-28-15-9-16-29-73)124-112(128-114)74-30-17-10-18-31-74)78-43-49-105-94(57-78)89-35-23-34-88(108(89)132-105)91-63-92-84-32-19-21-36-97(84)129(102(92)64-90(91)81-54-82(115(117,118)119)62-83(55-81)116(120,121)122)98-46-40-75(77-42-48-104-93(56-77)87-33-20-22-37-103(87)131-104)58-95(98)113-125-109(71-24-11-7-12-25-71)123-110(126-113)72-26-13-8-14-27-72/h7-64H,1-6H3. The Morgan fingerprint density at radius 3 is 1.07 bits per heavy atom. The van der Waals surface area contributed by atoms with Gasteiger partial charge in [0, 0.05) is 101 Å². The Kier molecular flexibility index (Phi) is 19.4. The summed E-state index contributed by atoms with van der Waals surface area (Å²) in [5, 5.41) is 7.51. The molecule has 0 aliphatic rings. The Morgan fingerprint density at radius 1 is 0.220 bits per heavy atom. The molecule has 0 atom stereocenters. The van der Waals surface area contributed by atoms with Gasteiger partial charge < -0.3 is 9.13 Å². The van der Waals surface area contributed by atoms with E-state index in [-0.39, 0.29) is 17.2 Å². The van der Waals surface area contributed by atoms with Crippen LogP contribution in [0.1, 0.15) is 44.5 Å². The van der Waals surface area contributed by atoms with Gasteiger partial charge in [-0.15, -0.1) is 22.7 Å². The zero-order chi connectivity index (χ0) is 89.7. The normalized spacial score (nSPS) is 12.1. The molecule has 6 heterocycles. The van der Waals surface area contributed by atoms with Crippen molar-refractivity contribution in [3.8, 4) is 146 Å². The number of fused-ring (bicyclic) bond motifs is 12. The van der Waals surface area contributed by atoms with Crippen LogP contribution in [0.25, 0.3) is 230 Å². The lowest BCUT2D eigenvalue weighted by Crippen LogP contribution is -2.11. The van der Waals surface area contributed by atoms with E-state index in [1.165, 1.54) is 55.8 Å². The minimum absolute atomic E-state index is 0.134. The van der Waals surface area contributed by atoms with Gasteiger partial charge in [-0.1, -0.05) is 260 Å². The van der Waals surface area contributed by atoms with Crippen LogP contribution in [0, 0.1) is 41.5 Å². The van der Waals surface area contributed by atoms with Crippen LogP contribution in [-0.2, 0) is 12.4 Å². The number of rotatable bonds is 14. The van der Waals surface area contributed by atoms with Gasteiger partial charge in [-0.3, -0.25) is 0 Å². The van der Waals surface area contributed by atoms with Crippen LogP contribution in [-0.4, -0.2) is 39.0 Å². The first-order chi connectivity index (χ1) is 64.1. The van der Waals surface area contributed by atoms with Crippen LogP contribution < -0.4 is 0 Å². The molecule has 6 aromatic heterocycles. The summed E-state index contributed by atoms with van der Waals surface area (Å²) in [6, 6.07) is 115. The molecule has 23 aromatic rings. The van der Waals surface area contributed by atoms with Gasteiger partial charge in [0.05, 0.1) is 44.6 Å². The maximum atomic E-state index is 15.7. The second-order valence-electron chi connectivity index (χ2n) is 34.3. The number of para-hydroxylation sites is 1. The zero-order valence-corrected chi connectivity index (χ0v) is 73.8. The smallest absolute Gasteiger partial charge is 0.308 e. The summed E-state index contributed by atoms with van der Waals surface area (Å²) in [7, 11) is 0. The van der Waals surface area contributed by atoms with Crippen LogP contribution >= 0.6 is 22.7 Å². The number of halogens is 6. The fraction of sp³-hybridized carbons (Fsp3) is 0.0690. The fourth-order valence-corrected chi connectivity index (χ4v) is 22.1. The highest BCUT2D eigenvalue weighted by atomic mass is 32.1. The van der Waals surface area contributed by atoms with E-state index in [0.29, 0.717) is 73.7 Å². The molecule has 0 N–H and O–H groups in total. The average Bonchev–Trinajstić information content (AvgIpc) is 1.56. The molecule has 0 radical (unpaired) electrons. The molecule has 0 bridgehead atoms. The third-order valence-electron chi connectivity index (χ3n) is 25.6. The monoisotopic (exact) mass is 1760 g/mol. The van der Waals surface area contributed by atoms with Crippen molar-refractivity contribution in [3.63, 3.8) is 0 Å². The Morgan fingerprint density at radius 2 is 0.591 bits per heavy atom. The molecule has 634 valence electrons. The van der Waals surface area contributed by atoms with Gasteiger partial charge in [-0.25, -0.2) is 29.9 Å². The third-order valence-corrected chi connectivity index (χ3v) is 28.0. The van der Waals surface area contributed by atoms with Crippen molar-refractivity contribution in [1.82, 2.24) is 39.0 Å². The van der Waals surface area contributed by atoms with Gasteiger partial charge >= 0.3 is 12.4 Å². The minimum Gasteiger partial charge on any atom is -0.308 e. The molecule has 8 nitrogen and oxygen atoms in total. The average molecular weight is 1760 g/mol. The van der Waals surface area contributed by atoms with Gasteiger partial charge in [0.25, 0.3) is 0 Å². The van der Waals surface area contributed by atoms with E-state index in [1.54, 1.807) is 17.4 Å². The van der Waals surface area contributed by atoms with Crippen molar-refractivity contribution in [3.05, 3.63) is 396 Å². The van der Waals surface area contributed by atoms with E-state index in [9.17, 15) is 0 Å². The van der Waals surface area contributed by atoms with Crippen molar-refractivity contribution in [2.24, 2.45) is 0 Å². The molecular weight excluding hydrogens is 1680 g/mol. The summed E-state index contributed by atoms with van der Waals surface area (Å²) < 4.78 is 102. The number of thiophene rings is 2. The van der Waals surface area contributed by atoms with Crippen LogP contribution in [0.4, 0.5) is 26.3 Å². The molecule has 17 aromatic carbocycles. The predicted octanol–water partition coefficient (Wildman–Crippen LogP) is 32.9. The first-order valence-corrected chi connectivity index (χ1v) is 45.3. The number of alkyl halides is 6. The highest BCUT2D eigenvalue weighted by Gasteiger charge is 2.38. The van der Waals surface area contributed by atoms with Crippen LogP contribution in [0.5, 0.6) is 0 Å². The van der Waals surface area contributed by atoms with Crippen molar-refractivity contribution >= 4 is 107 Å². The quantitative estimate of drug-likeness (QED) is 0.101. The summed E-state index contributed by atoms with van der Waals surface area (Å²) in [5.74, 6) is 2.57. The van der Waals surface area contributed by atoms with Crippen LogP contribution in [0.15, 0.2) is 352 Å². The lowest BCUT2D eigenvalue weighted by molar-refractivity contribution is -0.143. The second kappa shape index (κ2) is 31.7. The van der Waals surface area contributed by atoms with Crippen molar-refractivity contribution in [1.29, 1.82) is 0 Å². The number of hydrogen-bond donors (Lipinski definition) is 0. The minimum atomic E-state index is -5.18.